The van der Waals surface area contributed by atoms with Crippen molar-refractivity contribution in [1.82, 2.24) is 0 Å². The van der Waals surface area contributed by atoms with Crippen LogP contribution in [-0.2, 0) is 17.9 Å². The second-order valence-corrected chi connectivity index (χ2v) is 4.13. The van der Waals surface area contributed by atoms with Crippen molar-refractivity contribution in [2.45, 2.75) is 52.6 Å². The molecule has 1 atom stereocenters. The van der Waals surface area contributed by atoms with Gasteiger partial charge in [-0.15, -0.1) is 0 Å². The first-order valence-electron chi connectivity index (χ1n) is 5.97. The number of benzene rings is 1. The Balaban J connectivity index is 3.09. The van der Waals surface area contributed by atoms with Gasteiger partial charge in [-0.3, -0.25) is 0 Å². The van der Waals surface area contributed by atoms with Crippen molar-refractivity contribution in [2.75, 3.05) is 0 Å². The number of aryl methyl sites for hydroxylation is 2. The van der Waals surface area contributed by atoms with Gasteiger partial charge in [0.25, 0.3) is 0 Å². The molecule has 0 bridgehead atoms. The molecule has 0 amide bonds. The summed E-state index contributed by atoms with van der Waals surface area (Å²) in [5.41, 5.74) is 3.57. The van der Waals surface area contributed by atoms with Crippen LogP contribution in [0, 0.1) is 0 Å². The standard InChI is InChI=1S/C14H21O/c1-4-7-12-9-6-10-13(8-5-2)14(12)11(3)15/h6,9-11H,4-5,7-8H2,1-3H3. The smallest absolute Gasteiger partial charge is 0.116 e. The summed E-state index contributed by atoms with van der Waals surface area (Å²) < 4.78 is 0. The first-order chi connectivity index (χ1) is 7.20. The van der Waals surface area contributed by atoms with Gasteiger partial charge in [-0.2, -0.15) is 0 Å². The van der Waals surface area contributed by atoms with Gasteiger partial charge in [0, 0.05) is 0 Å². The minimum absolute atomic E-state index is 0.589. The predicted molar refractivity (Wildman–Crippen MR) is 63.5 cm³/mol. The Hall–Kier alpha value is -0.820. The largest absolute Gasteiger partial charge is 0.228 e. The lowest BCUT2D eigenvalue weighted by Crippen LogP contribution is -2.03. The third-order valence-electron chi connectivity index (χ3n) is 2.73. The summed E-state index contributed by atoms with van der Waals surface area (Å²) in [6, 6.07) is 6.29. The molecule has 1 rings (SSSR count). The quantitative estimate of drug-likeness (QED) is 0.690. The Bertz CT molecular complexity index is 278. The van der Waals surface area contributed by atoms with Crippen LogP contribution in [0.1, 0.15) is 56.4 Å². The lowest BCUT2D eigenvalue weighted by atomic mass is 9.92. The van der Waals surface area contributed by atoms with Gasteiger partial charge in [0.15, 0.2) is 0 Å². The fourth-order valence-corrected chi connectivity index (χ4v) is 2.16. The van der Waals surface area contributed by atoms with Crippen molar-refractivity contribution in [3.05, 3.63) is 34.9 Å². The summed E-state index contributed by atoms with van der Waals surface area (Å²) in [5, 5.41) is 11.7. The highest BCUT2D eigenvalue weighted by Gasteiger charge is 2.12. The van der Waals surface area contributed by atoms with E-state index in [-0.39, 0.29) is 0 Å². The van der Waals surface area contributed by atoms with E-state index >= 15 is 0 Å². The maximum atomic E-state index is 11.7. The molecule has 0 N–H and O–H groups in total. The SMILES string of the molecule is CCCc1cccc(CCC)c1C(C)[O]. The van der Waals surface area contributed by atoms with E-state index in [1.165, 1.54) is 11.1 Å². The average molecular weight is 205 g/mol. The van der Waals surface area contributed by atoms with E-state index in [2.05, 4.69) is 32.0 Å². The van der Waals surface area contributed by atoms with Crippen molar-refractivity contribution in [1.29, 1.82) is 0 Å². The van der Waals surface area contributed by atoms with Crippen molar-refractivity contribution in [2.24, 2.45) is 0 Å². The molecule has 0 heterocycles. The van der Waals surface area contributed by atoms with Crippen LogP contribution in [0.4, 0.5) is 0 Å². The van der Waals surface area contributed by atoms with Crippen molar-refractivity contribution in [3.8, 4) is 0 Å². The van der Waals surface area contributed by atoms with Crippen molar-refractivity contribution >= 4 is 0 Å². The van der Waals surface area contributed by atoms with Gasteiger partial charge in [0.1, 0.15) is 6.10 Å². The highest BCUT2D eigenvalue weighted by molar-refractivity contribution is 5.37. The molecular formula is C14H21O. The van der Waals surface area contributed by atoms with E-state index in [1.807, 2.05) is 0 Å². The minimum Gasteiger partial charge on any atom is -0.228 e. The van der Waals surface area contributed by atoms with Gasteiger partial charge in [0.05, 0.1) is 0 Å². The molecule has 1 aromatic carbocycles. The summed E-state index contributed by atoms with van der Waals surface area (Å²) in [7, 11) is 0. The molecule has 0 aliphatic carbocycles. The van der Waals surface area contributed by atoms with Crippen LogP contribution >= 0.6 is 0 Å². The van der Waals surface area contributed by atoms with Crippen LogP contribution in [0.3, 0.4) is 0 Å². The summed E-state index contributed by atoms with van der Waals surface area (Å²) in [5.74, 6) is 0. The number of rotatable bonds is 5. The maximum absolute atomic E-state index is 11.7. The molecule has 1 radical (unpaired) electrons. The Kier molecular flexibility index (Phi) is 4.83. The molecule has 1 nitrogen and oxygen atoms in total. The molecule has 0 saturated carbocycles. The minimum atomic E-state index is -0.589. The molecule has 0 spiro atoms. The summed E-state index contributed by atoms with van der Waals surface area (Å²) in [6.07, 6.45) is 3.68. The zero-order valence-corrected chi connectivity index (χ0v) is 10.0. The lowest BCUT2D eigenvalue weighted by Gasteiger charge is -2.15. The van der Waals surface area contributed by atoms with Gasteiger partial charge >= 0.3 is 0 Å². The molecular weight excluding hydrogens is 184 g/mol. The first-order valence-corrected chi connectivity index (χ1v) is 5.97. The Morgan fingerprint density at radius 2 is 1.53 bits per heavy atom. The first kappa shape index (κ1) is 12.3. The highest BCUT2D eigenvalue weighted by atomic mass is 16.3. The normalized spacial score (nSPS) is 12.8. The molecule has 1 heteroatoms. The fraction of sp³-hybridized carbons (Fsp3) is 0.571. The summed E-state index contributed by atoms with van der Waals surface area (Å²) in [6.45, 7) is 6.07. The zero-order valence-electron chi connectivity index (χ0n) is 10.0. The molecule has 0 saturated heterocycles. The molecule has 0 aliphatic rings. The lowest BCUT2D eigenvalue weighted by molar-refractivity contribution is 0.105. The second kappa shape index (κ2) is 5.92. The van der Waals surface area contributed by atoms with Crippen LogP contribution in [0.2, 0.25) is 0 Å². The van der Waals surface area contributed by atoms with Crippen molar-refractivity contribution < 1.29 is 5.11 Å². The van der Waals surface area contributed by atoms with Crippen LogP contribution in [0.5, 0.6) is 0 Å². The van der Waals surface area contributed by atoms with E-state index in [0.717, 1.165) is 31.2 Å². The molecule has 0 aromatic heterocycles. The maximum Gasteiger partial charge on any atom is 0.116 e. The van der Waals surface area contributed by atoms with E-state index < -0.39 is 6.10 Å². The van der Waals surface area contributed by atoms with Crippen LogP contribution in [0.15, 0.2) is 18.2 Å². The fourth-order valence-electron chi connectivity index (χ4n) is 2.16. The second-order valence-electron chi connectivity index (χ2n) is 4.13. The van der Waals surface area contributed by atoms with Gasteiger partial charge in [0.2, 0.25) is 0 Å². The molecule has 1 aromatic rings. The third kappa shape index (κ3) is 3.07. The number of hydrogen-bond donors (Lipinski definition) is 0. The number of hydrogen-bond acceptors (Lipinski definition) is 0. The summed E-state index contributed by atoms with van der Waals surface area (Å²) in [4.78, 5) is 0. The Morgan fingerprint density at radius 1 is 1.07 bits per heavy atom. The highest BCUT2D eigenvalue weighted by Crippen LogP contribution is 2.25. The van der Waals surface area contributed by atoms with Gasteiger partial charge in [-0.25, -0.2) is 5.11 Å². The molecule has 1 unspecified atom stereocenters. The Morgan fingerprint density at radius 3 is 1.87 bits per heavy atom. The average Bonchev–Trinajstić information content (AvgIpc) is 2.18. The van der Waals surface area contributed by atoms with Crippen LogP contribution in [-0.4, -0.2) is 0 Å². The third-order valence-corrected chi connectivity index (χ3v) is 2.73. The molecule has 83 valence electrons. The predicted octanol–water partition coefficient (Wildman–Crippen LogP) is 4.08. The van der Waals surface area contributed by atoms with Crippen molar-refractivity contribution in [3.63, 3.8) is 0 Å². The van der Waals surface area contributed by atoms with E-state index in [1.54, 1.807) is 6.92 Å². The molecule has 0 fully saturated rings. The van der Waals surface area contributed by atoms with E-state index in [9.17, 15) is 5.11 Å². The molecule has 15 heavy (non-hydrogen) atoms. The Labute approximate surface area is 93.1 Å². The van der Waals surface area contributed by atoms with Gasteiger partial charge in [-0.05, 0) is 36.5 Å². The molecule has 0 aliphatic heterocycles. The van der Waals surface area contributed by atoms with Crippen LogP contribution in [0.25, 0.3) is 0 Å². The zero-order chi connectivity index (χ0) is 11.3. The summed E-state index contributed by atoms with van der Waals surface area (Å²) >= 11 is 0. The van der Waals surface area contributed by atoms with Crippen LogP contribution < -0.4 is 0 Å². The topological polar surface area (TPSA) is 19.9 Å². The van der Waals surface area contributed by atoms with Gasteiger partial charge in [-0.1, -0.05) is 44.9 Å². The van der Waals surface area contributed by atoms with E-state index in [0.29, 0.717) is 0 Å². The monoisotopic (exact) mass is 205 g/mol. The van der Waals surface area contributed by atoms with E-state index in [4.69, 9.17) is 0 Å². The van der Waals surface area contributed by atoms with Gasteiger partial charge < -0.3 is 0 Å².